The standard InChI is InChI=1S/C32H27Cl2NO2/c1-32(2)16-24-29-22-8-4-3-7-19(22)12-14-26(29)35-31(30(24)27(36)17-32)23-9-5-6-10-28(23)37-18-20-11-13-21(33)15-25(20)34/h3-15,31,35H,16-18H2,1-2H3/t31-/m0/s1. The lowest BCUT2D eigenvalue weighted by Crippen LogP contribution is -2.33. The Labute approximate surface area is 227 Å². The van der Waals surface area contributed by atoms with Crippen LogP contribution >= 0.6 is 23.2 Å². The number of ketones is 1. The summed E-state index contributed by atoms with van der Waals surface area (Å²) in [6.07, 6.45) is 1.37. The molecule has 186 valence electrons. The summed E-state index contributed by atoms with van der Waals surface area (Å²) in [7, 11) is 0. The van der Waals surface area contributed by atoms with Crippen molar-refractivity contribution in [3.05, 3.63) is 111 Å². The summed E-state index contributed by atoms with van der Waals surface area (Å²) in [5, 5.41) is 7.22. The third kappa shape index (κ3) is 4.41. The predicted octanol–water partition coefficient (Wildman–Crippen LogP) is 9.04. The molecule has 1 aliphatic carbocycles. The van der Waals surface area contributed by atoms with E-state index in [1.54, 1.807) is 6.07 Å². The molecule has 6 rings (SSSR count). The quantitative estimate of drug-likeness (QED) is 0.287. The summed E-state index contributed by atoms with van der Waals surface area (Å²) in [5.41, 5.74) is 5.88. The molecule has 2 aliphatic rings. The van der Waals surface area contributed by atoms with E-state index >= 15 is 0 Å². The Morgan fingerprint density at radius 3 is 2.57 bits per heavy atom. The number of carbonyl (C=O) groups is 1. The van der Waals surface area contributed by atoms with Gasteiger partial charge in [0, 0.05) is 44.4 Å². The van der Waals surface area contributed by atoms with Gasteiger partial charge in [0.25, 0.3) is 0 Å². The van der Waals surface area contributed by atoms with Crippen molar-refractivity contribution in [3.8, 4) is 5.75 Å². The van der Waals surface area contributed by atoms with Gasteiger partial charge in [-0.3, -0.25) is 4.79 Å². The van der Waals surface area contributed by atoms with Gasteiger partial charge in [0.2, 0.25) is 0 Å². The highest BCUT2D eigenvalue weighted by molar-refractivity contribution is 6.35. The Hall–Kier alpha value is -3.27. The first-order valence-corrected chi connectivity index (χ1v) is 13.3. The molecule has 5 heteroatoms. The number of hydrogen-bond acceptors (Lipinski definition) is 3. The molecule has 4 aromatic rings. The fourth-order valence-electron chi connectivity index (χ4n) is 5.72. The summed E-state index contributed by atoms with van der Waals surface area (Å²) < 4.78 is 6.31. The molecule has 37 heavy (non-hydrogen) atoms. The predicted molar refractivity (Wildman–Crippen MR) is 152 cm³/mol. The maximum atomic E-state index is 13.8. The summed E-state index contributed by atoms with van der Waals surface area (Å²) in [4.78, 5) is 13.8. The van der Waals surface area contributed by atoms with Crippen LogP contribution in [-0.2, 0) is 11.4 Å². The molecule has 0 amide bonds. The van der Waals surface area contributed by atoms with Gasteiger partial charge in [-0.2, -0.15) is 0 Å². The number of anilines is 1. The molecular formula is C32H27Cl2NO2. The molecule has 0 spiro atoms. The smallest absolute Gasteiger partial charge is 0.162 e. The highest BCUT2D eigenvalue weighted by atomic mass is 35.5. The molecule has 0 radical (unpaired) electrons. The van der Waals surface area contributed by atoms with E-state index in [0.717, 1.165) is 45.7 Å². The minimum atomic E-state index is -0.302. The number of ether oxygens (including phenoxy) is 1. The molecular weight excluding hydrogens is 501 g/mol. The third-order valence-electron chi connectivity index (χ3n) is 7.37. The fraction of sp³-hybridized carbons (Fsp3) is 0.219. The van der Waals surface area contributed by atoms with Crippen LogP contribution in [0.5, 0.6) is 5.75 Å². The van der Waals surface area contributed by atoms with Crippen molar-refractivity contribution in [2.45, 2.75) is 39.3 Å². The van der Waals surface area contributed by atoms with Crippen molar-refractivity contribution in [3.63, 3.8) is 0 Å². The lowest BCUT2D eigenvalue weighted by molar-refractivity contribution is -0.118. The molecule has 4 aromatic carbocycles. The second-order valence-corrected chi connectivity index (χ2v) is 11.5. The molecule has 0 saturated heterocycles. The van der Waals surface area contributed by atoms with Crippen molar-refractivity contribution < 1.29 is 9.53 Å². The zero-order chi connectivity index (χ0) is 25.7. The van der Waals surface area contributed by atoms with Gasteiger partial charge in [0.15, 0.2) is 5.78 Å². The maximum Gasteiger partial charge on any atom is 0.162 e. The first-order chi connectivity index (χ1) is 17.8. The van der Waals surface area contributed by atoms with Crippen LogP contribution in [0, 0.1) is 5.41 Å². The molecule has 0 unspecified atom stereocenters. The highest BCUT2D eigenvalue weighted by Crippen LogP contribution is 2.52. The Morgan fingerprint density at radius 1 is 0.946 bits per heavy atom. The second kappa shape index (κ2) is 9.24. The van der Waals surface area contributed by atoms with Crippen molar-refractivity contribution in [2.75, 3.05) is 5.32 Å². The van der Waals surface area contributed by atoms with Crippen LogP contribution in [-0.4, -0.2) is 5.78 Å². The third-order valence-corrected chi connectivity index (χ3v) is 7.95. The van der Waals surface area contributed by atoms with Gasteiger partial charge in [-0.15, -0.1) is 0 Å². The number of Topliss-reactive ketones (excluding diaryl/α,β-unsaturated/α-hetero) is 1. The minimum Gasteiger partial charge on any atom is -0.488 e. The topological polar surface area (TPSA) is 38.3 Å². The van der Waals surface area contributed by atoms with E-state index in [1.165, 1.54) is 10.8 Å². The van der Waals surface area contributed by atoms with Crippen LogP contribution in [0.2, 0.25) is 10.0 Å². The number of halogens is 2. The minimum absolute atomic E-state index is 0.104. The van der Waals surface area contributed by atoms with Crippen molar-refractivity contribution in [1.82, 2.24) is 0 Å². The van der Waals surface area contributed by atoms with E-state index < -0.39 is 0 Å². The Balaban J connectivity index is 1.47. The Morgan fingerprint density at radius 2 is 1.73 bits per heavy atom. The number of carbonyl (C=O) groups excluding carboxylic acids is 1. The number of nitrogens with one attached hydrogen (secondary N) is 1. The van der Waals surface area contributed by atoms with Gasteiger partial charge in [-0.25, -0.2) is 0 Å². The van der Waals surface area contributed by atoms with Gasteiger partial charge in [0.1, 0.15) is 12.4 Å². The van der Waals surface area contributed by atoms with E-state index in [4.69, 9.17) is 27.9 Å². The van der Waals surface area contributed by atoms with Crippen LogP contribution in [0.3, 0.4) is 0 Å². The number of rotatable bonds is 4. The van der Waals surface area contributed by atoms with Gasteiger partial charge in [-0.1, -0.05) is 91.6 Å². The summed E-state index contributed by atoms with van der Waals surface area (Å²) >= 11 is 12.5. The number of allylic oxidation sites excluding steroid dienone is 1. The normalized spacial score (nSPS) is 18.3. The SMILES string of the molecule is CC1(C)CC(=O)C2=C(C1)c1c(ccc3ccccc13)N[C@H]2c1ccccc1OCc1ccc(Cl)cc1Cl. The molecule has 0 bridgehead atoms. The van der Waals surface area contributed by atoms with Crippen LogP contribution in [0.1, 0.15) is 49.4 Å². The first-order valence-electron chi connectivity index (χ1n) is 12.5. The van der Waals surface area contributed by atoms with E-state index in [0.29, 0.717) is 23.1 Å². The number of benzene rings is 4. The largest absolute Gasteiger partial charge is 0.488 e. The molecule has 3 nitrogen and oxygen atoms in total. The Bertz CT molecular complexity index is 1590. The monoisotopic (exact) mass is 527 g/mol. The van der Waals surface area contributed by atoms with Crippen molar-refractivity contribution in [1.29, 1.82) is 0 Å². The number of fused-ring (bicyclic) bond motifs is 4. The van der Waals surface area contributed by atoms with Crippen LogP contribution < -0.4 is 10.1 Å². The molecule has 0 saturated carbocycles. The van der Waals surface area contributed by atoms with E-state index in [1.807, 2.05) is 36.4 Å². The van der Waals surface area contributed by atoms with Gasteiger partial charge in [0.05, 0.1) is 6.04 Å². The lowest BCUT2D eigenvalue weighted by atomic mass is 9.68. The van der Waals surface area contributed by atoms with E-state index in [9.17, 15) is 4.79 Å². The first kappa shape index (κ1) is 24.1. The highest BCUT2D eigenvalue weighted by Gasteiger charge is 2.41. The summed E-state index contributed by atoms with van der Waals surface area (Å²) in [6, 6.07) is 25.7. The zero-order valence-corrected chi connectivity index (χ0v) is 22.3. The average molecular weight is 528 g/mol. The zero-order valence-electron chi connectivity index (χ0n) is 20.8. The van der Waals surface area contributed by atoms with Crippen LogP contribution in [0.25, 0.3) is 16.3 Å². The van der Waals surface area contributed by atoms with Crippen LogP contribution in [0.15, 0.2) is 84.4 Å². The second-order valence-electron chi connectivity index (χ2n) is 10.7. The Kier molecular flexibility index (Phi) is 6.01. The van der Waals surface area contributed by atoms with Gasteiger partial charge in [-0.05, 0) is 52.4 Å². The van der Waals surface area contributed by atoms with E-state index in [2.05, 4.69) is 55.6 Å². The van der Waals surface area contributed by atoms with Crippen molar-refractivity contribution in [2.24, 2.45) is 5.41 Å². The van der Waals surface area contributed by atoms with E-state index in [-0.39, 0.29) is 17.2 Å². The summed E-state index contributed by atoms with van der Waals surface area (Å²) in [6.45, 7) is 4.67. The molecule has 1 atom stereocenters. The molecule has 0 aromatic heterocycles. The number of para-hydroxylation sites is 1. The molecule has 1 aliphatic heterocycles. The summed E-state index contributed by atoms with van der Waals surface area (Å²) in [5.74, 6) is 0.914. The number of hydrogen-bond donors (Lipinski definition) is 1. The van der Waals surface area contributed by atoms with Crippen LogP contribution in [0.4, 0.5) is 5.69 Å². The molecule has 1 heterocycles. The maximum absolute atomic E-state index is 13.8. The molecule has 1 N–H and O–H groups in total. The van der Waals surface area contributed by atoms with Gasteiger partial charge < -0.3 is 10.1 Å². The fourth-order valence-corrected chi connectivity index (χ4v) is 6.18. The lowest BCUT2D eigenvalue weighted by Gasteiger charge is -2.40. The molecule has 0 fully saturated rings. The van der Waals surface area contributed by atoms with Gasteiger partial charge >= 0.3 is 0 Å². The average Bonchev–Trinajstić information content (AvgIpc) is 2.87. The van der Waals surface area contributed by atoms with Crippen molar-refractivity contribution >= 4 is 51.0 Å².